The Balaban J connectivity index is 2.55. The molecule has 1 heteroatoms. The van der Waals surface area contributed by atoms with Crippen molar-refractivity contribution >= 4 is 5.78 Å². The van der Waals surface area contributed by atoms with Crippen molar-refractivity contribution in [2.24, 2.45) is 0 Å². The second-order valence-electron chi connectivity index (χ2n) is 2.29. The molecule has 0 aromatic heterocycles. The molecule has 2 aliphatic carbocycles. The number of rotatable bonds is 0. The van der Waals surface area contributed by atoms with Crippen LogP contribution >= 0.6 is 0 Å². The first-order valence-corrected chi connectivity index (χ1v) is 2.99. The topological polar surface area (TPSA) is 17.1 Å². The molecule has 0 N–H and O–H groups in total. The Morgan fingerprint density at radius 1 is 1.33 bits per heavy atom. The fourth-order valence-electron chi connectivity index (χ4n) is 1.13. The molecule has 44 valence electrons. The number of hydrogen-bond acceptors (Lipinski definition) is 1. The van der Waals surface area contributed by atoms with E-state index in [1.807, 2.05) is 18.2 Å². The molecule has 0 heterocycles. The standard InChI is InChI=1S/C8H6O/c9-8-5-6-2-1-3-7(8)4-6/h1,3-5H,2H2. The van der Waals surface area contributed by atoms with Crippen LogP contribution in [0.3, 0.4) is 0 Å². The van der Waals surface area contributed by atoms with Crippen molar-refractivity contribution in [2.75, 3.05) is 0 Å². The number of carbonyl (C=O) groups is 1. The van der Waals surface area contributed by atoms with Gasteiger partial charge in [0.05, 0.1) is 0 Å². The summed E-state index contributed by atoms with van der Waals surface area (Å²) in [7, 11) is 0. The van der Waals surface area contributed by atoms with Crippen molar-refractivity contribution in [1.82, 2.24) is 0 Å². The minimum absolute atomic E-state index is 0.166. The molecule has 2 aliphatic rings. The van der Waals surface area contributed by atoms with E-state index in [4.69, 9.17) is 0 Å². The second-order valence-corrected chi connectivity index (χ2v) is 2.29. The molecule has 0 spiro atoms. The molecule has 2 rings (SSSR count). The summed E-state index contributed by atoms with van der Waals surface area (Å²) in [5, 5.41) is 0. The van der Waals surface area contributed by atoms with Crippen LogP contribution in [0.2, 0.25) is 0 Å². The highest BCUT2D eigenvalue weighted by Crippen LogP contribution is 2.22. The van der Waals surface area contributed by atoms with Crippen molar-refractivity contribution in [3.8, 4) is 0 Å². The largest absolute Gasteiger partial charge is 0.289 e. The second kappa shape index (κ2) is 1.44. The summed E-state index contributed by atoms with van der Waals surface area (Å²) in [5.41, 5.74) is 1.99. The molecule has 0 aromatic carbocycles. The van der Waals surface area contributed by atoms with Crippen LogP contribution in [0.5, 0.6) is 0 Å². The maximum Gasteiger partial charge on any atom is 0.186 e. The van der Waals surface area contributed by atoms with Crippen molar-refractivity contribution in [3.63, 3.8) is 0 Å². The minimum Gasteiger partial charge on any atom is -0.289 e. The Morgan fingerprint density at radius 2 is 2.22 bits per heavy atom. The van der Waals surface area contributed by atoms with Crippen LogP contribution in [0, 0.1) is 0 Å². The van der Waals surface area contributed by atoms with E-state index in [2.05, 4.69) is 0 Å². The van der Waals surface area contributed by atoms with E-state index in [0.717, 1.165) is 17.6 Å². The van der Waals surface area contributed by atoms with Gasteiger partial charge >= 0.3 is 0 Å². The molecule has 9 heavy (non-hydrogen) atoms. The van der Waals surface area contributed by atoms with Gasteiger partial charge in [-0.3, -0.25) is 4.79 Å². The fourth-order valence-corrected chi connectivity index (χ4v) is 1.13. The lowest BCUT2D eigenvalue weighted by Gasteiger charge is -1.95. The van der Waals surface area contributed by atoms with Crippen LogP contribution < -0.4 is 0 Å². The summed E-state index contributed by atoms with van der Waals surface area (Å²) in [4.78, 5) is 10.9. The highest BCUT2D eigenvalue weighted by Gasteiger charge is 2.14. The lowest BCUT2D eigenvalue weighted by atomic mass is 10.1. The quantitative estimate of drug-likeness (QED) is 0.469. The van der Waals surface area contributed by atoms with Gasteiger partial charge < -0.3 is 0 Å². The van der Waals surface area contributed by atoms with Gasteiger partial charge in [0.25, 0.3) is 0 Å². The van der Waals surface area contributed by atoms with Crippen molar-refractivity contribution in [1.29, 1.82) is 0 Å². The van der Waals surface area contributed by atoms with E-state index in [-0.39, 0.29) is 5.78 Å². The average Bonchev–Trinajstić information content (AvgIpc) is 2.09. The third kappa shape index (κ3) is 0.578. The molecule has 0 saturated heterocycles. The molecule has 0 unspecified atom stereocenters. The summed E-state index contributed by atoms with van der Waals surface area (Å²) in [5.74, 6) is 0.166. The molecule has 0 atom stereocenters. The molecule has 0 amide bonds. The summed E-state index contributed by atoms with van der Waals surface area (Å²) >= 11 is 0. The van der Waals surface area contributed by atoms with Crippen molar-refractivity contribution in [2.45, 2.75) is 6.42 Å². The molecule has 0 fully saturated rings. The van der Waals surface area contributed by atoms with Gasteiger partial charge in [-0.2, -0.15) is 0 Å². The van der Waals surface area contributed by atoms with Gasteiger partial charge in [-0.15, -0.1) is 0 Å². The molecule has 0 radical (unpaired) electrons. The normalized spacial score (nSPS) is 22.0. The zero-order chi connectivity index (χ0) is 6.27. The Hall–Kier alpha value is -1.11. The van der Waals surface area contributed by atoms with E-state index in [0.29, 0.717) is 0 Å². The predicted octanol–water partition coefficient (Wildman–Crippen LogP) is 1.38. The zero-order valence-electron chi connectivity index (χ0n) is 4.92. The number of allylic oxidation sites excluding steroid dienone is 6. The maximum absolute atomic E-state index is 10.9. The summed E-state index contributed by atoms with van der Waals surface area (Å²) in [6, 6.07) is 0. The number of carbonyl (C=O) groups excluding carboxylic acids is 1. The molecule has 1 nitrogen and oxygen atoms in total. The summed E-state index contributed by atoms with van der Waals surface area (Å²) in [6.07, 6.45) is 8.48. The molecule has 0 aromatic rings. The number of hydrogen-bond donors (Lipinski definition) is 0. The third-order valence-corrected chi connectivity index (χ3v) is 1.59. The van der Waals surface area contributed by atoms with Gasteiger partial charge in [0.2, 0.25) is 0 Å². The Bertz CT molecular complexity index is 254. The van der Waals surface area contributed by atoms with Gasteiger partial charge in [-0.1, -0.05) is 12.2 Å². The van der Waals surface area contributed by atoms with Crippen molar-refractivity contribution < 1.29 is 4.79 Å². The molecule has 0 aliphatic heterocycles. The lowest BCUT2D eigenvalue weighted by Crippen LogP contribution is -1.88. The van der Waals surface area contributed by atoms with Gasteiger partial charge in [-0.25, -0.2) is 0 Å². The average molecular weight is 118 g/mol. The minimum atomic E-state index is 0.166. The third-order valence-electron chi connectivity index (χ3n) is 1.59. The van der Waals surface area contributed by atoms with Crippen molar-refractivity contribution in [3.05, 3.63) is 35.5 Å². The first kappa shape index (κ1) is 4.74. The van der Waals surface area contributed by atoms with Gasteiger partial charge in [0, 0.05) is 5.57 Å². The highest BCUT2D eigenvalue weighted by molar-refractivity contribution is 6.10. The van der Waals surface area contributed by atoms with E-state index >= 15 is 0 Å². The maximum atomic E-state index is 10.9. The molecular formula is C8H6O. The predicted molar refractivity (Wildman–Crippen MR) is 34.9 cm³/mol. The van der Waals surface area contributed by atoms with E-state index < -0.39 is 0 Å². The highest BCUT2D eigenvalue weighted by atomic mass is 16.1. The number of ketones is 1. The van der Waals surface area contributed by atoms with Gasteiger partial charge in [0.1, 0.15) is 0 Å². The molecule has 2 bridgehead atoms. The van der Waals surface area contributed by atoms with Gasteiger partial charge in [-0.05, 0) is 24.1 Å². The fraction of sp³-hybridized carbons (Fsp3) is 0.125. The van der Waals surface area contributed by atoms with Crippen LogP contribution in [-0.4, -0.2) is 5.78 Å². The zero-order valence-corrected chi connectivity index (χ0v) is 4.92. The summed E-state index contributed by atoms with van der Waals surface area (Å²) in [6.45, 7) is 0. The van der Waals surface area contributed by atoms with Crippen LogP contribution in [0.15, 0.2) is 35.5 Å². The Labute approximate surface area is 53.4 Å². The first-order valence-electron chi connectivity index (χ1n) is 2.99. The van der Waals surface area contributed by atoms with Crippen LogP contribution in [0.1, 0.15) is 6.42 Å². The molecule has 0 saturated carbocycles. The van der Waals surface area contributed by atoms with E-state index in [9.17, 15) is 4.79 Å². The van der Waals surface area contributed by atoms with E-state index in [1.165, 1.54) is 0 Å². The monoisotopic (exact) mass is 118 g/mol. The van der Waals surface area contributed by atoms with Crippen LogP contribution in [0.4, 0.5) is 0 Å². The Kier molecular flexibility index (Phi) is 0.758. The number of fused-ring (bicyclic) bond motifs is 1. The van der Waals surface area contributed by atoms with Gasteiger partial charge in [0.15, 0.2) is 5.78 Å². The van der Waals surface area contributed by atoms with E-state index in [1.54, 1.807) is 6.08 Å². The smallest absolute Gasteiger partial charge is 0.186 e. The SMILES string of the molecule is O=C1C=C2C=C1C=CC2. The Morgan fingerprint density at radius 3 is 2.89 bits per heavy atom. The first-order chi connectivity index (χ1) is 4.36. The van der Waals surface area contributed by atoms with Crippen LogP contribution in [-0.2, 0) is 4.79 Å². The molecular weight excluding hydrogens is 112 g/mol. The van der Waals surface area contributed by atoms with Crippen LogP contribution in [0.25, 0.3) is 0 Å². The summed E-state index contributed by atoms with van der Waals surface area (Å²) < 4.78 is 0. The lowest BCUT2D eigenvalue weighted by molar-refractivity contribution is -0.110.